The van der Waals surface area contributed by atoms with Crippen molar-refractivity contribution in [3.63, 3.8) is 0 Å². The van der Waals surface area contributed by atoms with Gasteiger partial charge in [0, 0.05) is 25.2 Å². The van der Waals surface area contributed by atoms with Crippen LogP contribution in [0.3, 0.4) is 0 Å². The predicted molar refractivity (Wildman–Crippen MR) is 79.7 cm³/mol. The average molecular weight is 275 g/mol. The summed E-state index contributed by atoms with van der Waals surface area (Å²) in [5.41, 5.74) is 1.10. The van der Waals surface area contributed by atoms with Crippen molar-refractivity contribution in [2.75, 3.05) is 18.0 Å². The van der Waals surface area contributed by atoms with Gasteiger partial charge in [-0.05, 0) is 17.9 Å². The minimum atomic E-state index is -0.472. The number of nitro benzene ring substituents is 1. The Labute approximate surface area is 120 Å². The third-order valence-corrected chi connectivity index (χ3v) is 2.82. The van der Waals surface area contributed by atoms with E-state index in [0.717, 1.165) is 18.8 Å². The number of nitro groups is 1. The van der Waals surface area contributed by atoms with Crippen molar-refractivity contribution >= 4 is 11.4 Å². The normalized spacial score (nSPS) is 10.7. The molecule has 5 nitrogen and oxygen atoms in total. The molecular weight excluding hydrogens is 254 g/mol. The summed E-state index contributed by atoms with van der Waals surface area (Å²) in [4.78, 5) is 12.5. The molecule has 0 fully saturated rings. The monoisotopic (exact) mass is 275 g/mol. The van der Waals surface area contributed by atoms with Crippen LogP contribution in [0.1, 0.15) is 33.3 Å². The summed E-state index contributed by atoms with van der Waals surface area (Å²) in [6.07, 6.45) is 0. The highest BCUT2D eigenvalue weighted by Crippen LogP contribution is 2.26. The Hall–Kier alpha value is -2.09. The molecule has 0 aliphatic rings. The summed E-state index contributed by atoms with van der Waals surface area (Å²) in [5, 5.41) is 20.0. The first-order valence-electron chi connectivity index (χ1n) is 6.78. The van der Waals surface area contributed by atoms with E-state index in [2.05, 4.69) is 38.7 Å². The molecule has 5 heteroatoms. The molecule has 0 saturated heterocycles. The lowest BCUT2D eigenvalue weighted by Gasteiger charge is -2.29. The Morgan fingerprint density at radius 3 is 2.20 bits per heavy atom. The lowest BCUT2D eigenvalue weighted by molar-refractivity contribution is -0.384. The van der Waals surface area contributed by atoms with Gasteiger partial charge in [0.1, 0.15) is 6.07 Å². The highest BCUT2D eigenvalue weighted by atomic mass is 16.6. The number of benzene rings is 1. The topological polar surface area (TPSA) is 70.2 Å². The number of non-ortho nitro benzene ring substituents is 1. The minimum Gasteiger partial charge on any atom is -0.370 e. The number of nitrogens with zero attached hydrogens (tertiary/aromatic N) is 3. The molecule has 0 aliphatic carbocycles. The molecule has 0 aromatic heterocycles. The average Bonchev–Trinajstić information content (AvgIpc) is 2.35. The van der Waals surface area contributed by atoms with Crippen molar-refractivity contribution in [3.8, 4) is 6.07 Å². The van der Waals surface area contributed by atoms with Crippen LogP contribution in [-0.2, 0) is 0 Å². The van der Waals surface area contributed by atoms with Crippen molar-refractivity contribution in [1.82, 2.24) is 0 Å². The fraction of sp³-hybridized carbons (Fsp3) is 0.533. The number of hydrogen-bond acceptors (Lipinski definition) is 4. The Morgan fingerprint density at radius 1 is 1.25 bits per heavy atom. The van der Waals surface area contributed by atoms with Gasteiger partial charge < -0.3 is 4.90 Å². The van der Waals surface area contributed by atoms with Crippen LogP contribution in [0.15, 0.2) is 18.2 Å². The highest BCUT2D eigenvalue weighted by molar-refractivity contribution is 5.63. The van der Waals surface area contributed by atoms with Crippen molar-refractivity contribution in [2.24, 2.45) is 11.8 Å². The van der Waals surface area contributed by atoms with Crippen molar-refractivity contribution in [2.45, 2.75) is 27.7 Å². The molecule has 108 valence electrons. The van der Waals surface area contributed by atoms with E-state index in [1.165, 1.54) is 12.1 Å². The minimum absolute atomic E-state index is 0.0423. The zero-order chi connectivity index (χ0) is 15.3. The summed E-state index contributed by atoms with van der Waals surface area (Å²) < 4.78 is 0. The molecule has 0 spiro atoms. The molecule has 1 aromatic rings. The number of hydrogen-bond donors (Lipinski definition) is 0. The molecule has 0 unspecified atom stereocenters. The summed E-state index contributed by atoms with van der Waals surface area (Å²) in [5.74, 6) is 0.908. The third kappa shape index (κ3) is 4.23. The van der Waals surface area contributed by atoms with Crippen LogP contribution in [0, 0.1) is 33.3 Å². The summed E-state index contributed by atoms with van der Waals surface area (Å²) in [6, 6.07) is 6.57. The molecule has 0 N–H and O–H groups in total. The SMILES string of the molecule is CC(C)CN(CC(C)C)c1ccc([N+](=O)[O-])cc1C#N. The third-order valence-electron chi connectivity index (χ3n) is 2.82. The first-order chi connectivity index (χ1) is 9.35. The molecule has 0 amide bonds. The quantitative estimate of drug-likeness (QED) is 0.587. The van der Waals surface area contributed by atoms with Gasteiger partial charge in [-0.2, -0.15) is 5.26 Å². The number of nitriles is 1. The smallest absolute Gasteiger partial charge is 0.270 e. The van der Waals surface area contributed by atoms with Gasteiger partial charge in [0.2, 0.25) is 0 Å². The van der Waals surface area contributed by atoms with E-state index in [-0.39, 0.29) is 5.69 Å². The van der Waals surface area contributed by atoms with Crippen LogP contribution in [0.4, 0.5) is 11.4 Å². The zero-order valence-electron chi connectivity index (χ0n) is 12.5. The van der Waals surface area contributed by atoms with E-state index < -0.39 is 4.92 Å². The van der Waals surface area contributed by atoms with Gasteiger partial charge in [-0.3, -0.25) is 10.1 Å². The van der Waals surface area contributed by atoms with E-state index in [9.17, 15) is 15.4 Å². The molecule has 1 aromatic carbocycles. The van der Waals surface area contributed by atoms with Crippen molar-refractivity contribution < 1.29 is 4.92 Å². The van der Waals surface area contributed by atoms with Gasteiger partial charge in [-0.15, -0.1) is 0 Å². The Bertz CT molecular complexity index is 508. The first-order valence-corrected chi connectivity index (χ1v) is 6.78. The second-order valence-corrected chi connectivity index (χ2v) is 5.76. The molecule has 1 rings (SSSR count). The van der Waals surface area contributed by atoms with Gasteiger partial charge in [0.25, 0.3) is 5.69 Å². The Kier molecular flexibility index (Phi) is 5.51. The van der Waals surface area contributed by atoms with Crippen LogP contribution < -0.4 is 4.90 Å². The van der Waals surface area contributed by atoms with Crippen LogP contribution in [0.2, 0.25) is 0 Å². The predicted octanol–water partition coefficient (Wildman–Crippen LogP) is 3.58. The van der Waals surface area contributed by atoms with Gasteiger partial charge in [-0.1, -0.05) is 27.7 Å². The van der Waals surface area contributed by atoms with E-state index in [4.69, 9.17) is 0 Å². The van der Waals surface area contributed by atoms with Gasteiger partial charge >= 0.3 is 0 Å². The van der Waals surface area contributed by atoms with Gasteiger partial charge in [0.15, 0.2) is 0 Å². The van der Waals surface area contributed by atoms with E-state index in [1.807, 2.05) is 0 Å². The van der Waals surface area contributed by atoms with Crippen LogP contribution in [0.25, 0.3) is 0 Å². The first kappa shape index (κ1) is 16.0. The van der Waals surface area contributed by atoms with Crippen molar-refractivity contribution in [1.29, 1.82) is 5.26 Å². The molecular formula is C15H21N3O2. The summed E-state index contributed by atoms with van der Waals surface area (Å²) in [6.45, 7) is 10.1. The second-order valence-electron chi connectivity index (χ2n) is 5.76. The maximum absolute atomic E-state index is 10.8. The maximum Gasteiger partial charge on any atom is 0.270 e. The molecule has 0 heterocycles. The molecule has 0 radical (unpaired) electrons. The van der Waals surface area contributed by atoms with Crippen LogP contribution in [-0.4, -0.2) is 18.0 Å². The second kappa shape index (κ2) is 6.90. The van der Waals surface area contributed by atoms with Gasteiger partial charge in [0.05, 0.1) is 16.2 Å². The molecule has 0 saturated carbocycles. The fourth-order valence-electron chi connectivity index (χ4n) is 2.16. The molecule has 0 aliphatic heterocycles. The number of anilines is 1. The van der Waals surface area contributed by atoms with Crippen LogP contribution in [0.5, 0.6) is 0 Å². The van der Waals surface area contributed by atoms with Crippen molar-refractivity contribution in [3.05, 3.63) is 33.9 Å². The number of rotatable bonds is 6. The van der Waals surface area contributed by atoms with Crippen LogP contribution >= 0.6 is 0 Å². The molecule has 0 atom stereocenters. The lowest BCUT2D eigenvalue weighted by atomic mass is 10.1. The maximum atomic E-state index is 10.8. The van der Waals surface area contributed by atoms with E-state index in [1.54, 1.807) is 6.07 Å². The Morgan fingerprint density at radius 2 is 1.80 bits per heavy atom. The standard InChI is InChI=1S/C15H21N3O2/c1-11(2)9-17(10-12(3)4)15-6-5-14(18(19)20)7-13(15)8-16/h5-7,11-12H,9-10H2,1-4H3. The fourth-order valence-corrected chi connectivity index (χ4v) is 2.16. The van der Waals surface area contributed by atoms with E-state index in [0.29, 0.717) is 17.4 Å². The highest BCUT2D eigenvalue weighted by Gasteiger charge is 2.17. The summed E-state index contributed by atoms with van der Waals surface area (Å²) >= 11 is 0. The van der Waals surface area contributed by atoms with E-state index >= 15 is 0 Å². The largest absolute Gasteiger partial charge is 0.370 e. The molecule has 0 bridgehead atoms. The Balaban J connectivity index is 3.18. The summed E-state index contributed by atoms with van der Waals surface area (Å²) in [7, 11) is 0. The molecule has 20 heavy (non-hydrogen) atoms. The zero-order valence-corrected chi connectivity index (χ0v) is 12.5. The lowest BCUT2D eigenvalue weighted by Crippen LogP contribution is -2.31. The van der Waals surface area contributed by atoms with Gasteiger partial charge in [-0.25, -0.2) is 0 Å².